The Balaban J connectivity index is 2.38. The van der Waals surface area contributed by atoms with E-state index in [0.29, 0.717) is 0 Å². The average Bonchev–Trinajstić information content (AvgIpc) is 2.68. The van der Waals surface area contributed by atoms with Crippen molar-refractivity contribution in [2.24, 2.45) is 0 Å². The quantitative estimate of drug-likeness (QED) is 0.730. The minimum absolute atomic E-state index is 0.0128. The molecule has 0 spiro atoms. The largest absolute Gasteiger partial charge is 0.481 e. The Bertz CT molecular complexity index is 565. The van der Waals surface area contributed by atoms with Crippen LogP contribution in [0.15, 0.2) is 28.7 Å². The molecule has 2 rings (SSSR count). The lowest BCUT2D eigenvalue weighted by Gasteiger charge is -2.13. The van der Waals surface area contributed by atoms with Gasteiger partial charge in [0.2, 0.25) is 0 Å². The fourth-order valence-electron chi connectivity index (χ4n) is 1.61. The highest BCUT2D eigenvalue weighted by molar-refractivity contribution is 5.79. The molecular formula is C15H16O2. The Morgan fingerprint density at radius 1 is 1.29 bits per heavy atom. The zero-order chi connectivity index (χ0) is 12.5. The molecule has 0 radical (unpaired) electrons. The maximum absolute atomic E-state index is 5.80. The van der Waals surface area contributed by atoms with E-state index < -0.39 is 0 Å². The van der Waals surface area contributed by atoms with Crippen LogP contribution >= 0.6 is 0 Å². The van der Waals surface area contributed by atoms with Crippen molar-refractivity contribution in [1.29, 1.82) is 0 Å². The fraction of sp³-hybridized carbons (Fsp3) is 0.333. The standard InChI is InChI=1S/C15H16O2/c1-5-8-16-12-6-7-13-11(9-12)10-14(17-13)15(2,3)4/h1,6-7,9-10H,8H2,2-4H3. The molecule has 0 N–H and O–H groups in total. The molecule has 1 aromatic carbocycles. The number of rotatable bonds is 2. The Kier molecular flexibility index (Phi) is 2.85. The molecule has 2 nitrogen and oxygen atoms in total. The molecule has 0 fully saturated rings. The lowest BCUT2D eigenvalue weighted by atomic mass is 9.93. The Morgan fingerprint density at radius 3 is 2.71 bits per heavy atom. The molecule has 0 saturated carbocycles. The van der Waals surface area contributed by atoms with Crippen molar-refractivity contribution in [2.75, 3.05) is 6.61 Å². The maximum atomic E-state index is 5.80. The third-order valence-electron chi connectivity index (χ3n) is 2.55. The second-order valence-corrected chi connectivity index (χ2v) is 5.05. The van der Waals surface area contributed by atoms with Gasteiger partial charge in [0.05, 0.1) is 0 Å². The van der Waals surface area contributed by atoms with Crippen molar-refractivity contribution in [3.05, 3.63) is 30.0 Å². The van der Waals surface area contributed by atoms with E-state index in [0.717, 1.165) is 22.5 Å². The summed E-state index contributed by atoms with van der Waals surface area (Å²) in [6.07, 6.45) is 5.16. The van der Waals surface area contributed by atoms with Gasteiger partial charge < -0.3 is 9.15 Å². The van der Waals surface area contributed by atoms with Gasteiger partial charge in [-0.25, -0.2) is 0 Å². The molecule has 0 aliphatic rings. The smallest absolute Gasteiger partial charge is 0.148 e. The molecule has 0 aliphatic heterocycles. The summed E-state index contributed by atoms with van der Waals surface area (Å²) in [6, 6.07) is 7.79. The molecule has 0 atom stereocenters. The molecule has 0 saturated heterocycles. The monoisotopic (exact) mass is 228 g/mol. The molecule has 0 aliphatic carbocycles. The first-order valence-corrected chi connectivity index (χ1v) is 5.61. The number of benzene rings is 1. The van der Waals surface area contributed by atoms with Gasteiger partial charge >= 0.3 is 0 Å². The van der Waals surface area contributed by atoms with Gasteiger partial charge in [0, 0.05) is 10.8 Å². The van der Waals surface area contributed by atoms with Crippen molar-refractivity contribution < 1.29 is 9.15 Å². The van der Waals surface area contributed by atoms with Crippen LogP contribution < -0.4 is 4.74 Å². The molecule has 1 heterocycles. The molecule has 2 heteroatoms. The summed E-state index contributed by atoms with van der Waals surface area (Å²) in [5.74, 6) is 4.20. The minimum Gasteiger partial charge on any atom is -0.481 e. The van der Waals surface area contributed by atoms with Crippen LogP contribution in [0.25, 0.3) is 11.0 Å². The lowest BCUT2D eigenvalue weighted by molar-refractivity contribution is 0.371. The molecule has 0 bridgehead atoms. The Labute approximate surface area is 102 Å². The van der Waals surface area contributed by atoms with E-state index in [4.69, 9.17) is 15.6 Å². The highest BCUT2D eigenvalue weighted by Gasteiger charge is 2.18. The topological polar surface area (TPSA) is 22.4 Å². The van der Waals surface area contributed by atoms with Crippen molar-refractivity contribution in [3.63, 3.8) is 0 Å². The second kappa shape index (κ2) is 4.18. The van der Waals surface area contributed by atoms with Gasteiger partial charge in [-0.15, -0.1) is 6.42 Å². The fourth-order valence-corrected chi connectivity index (χ4v) is 1.61. The first kappa shape index (κ1) is 11.6. The second-order valence-electron chi connectivity index (χ2n) is 5.05. The lowest BCUT2D eigenvalue weighted by Crippen LogP contribution is -2.08. The van der Waals surface area contributed by atoms with E-state index in [9.17, 15) is 0 Å². The number of hydrogen-bond donors (Lipinski definition) is 0. The minimum atomic E-state index is 0.0128. The molecule has 0 unspecified atom stereocenters. The first-order chi connectivity index (χ1) is 8.00. The summed E-state index contributed by atoms with van der Waals surface area (Å²) < 4.78 is 11.2. The van der Waals surface area contributed by atoms with Gasteiger partial charge in [0.1, 0.15) is 23.7 Å². The number of ether oxygens (including phenoxy) is 1. The van der Waals surface area contributed by atoms with Crippen molar-refractivity contribution in [2.45, 2.75) is 26.2 Å². The van der Waals surface area contributed by atoms with E-state index in [1.165, 1.54) is 0 Å². The highest BCUT2D eigenvalue weighted by atomic mass is 16.5. The maximum Gasteiger partial charge on any atom is 0.148 e. The van der Waals surface area contributed by atoms with Crippen LogP contribution in [0.3, 0.4) is 0 Å². The Morgan fingerprint density at radius 2 is 2.06 bits per heavy atom. The predicted molar refractivity (Wildman–Crippen MR) is 69.2 cm³/mol. The summed E-state index contributed by atoms with van der Waals surface area (Å²) >= 11 is 0. The summed E-state index contributed by atoms with van der Waals surface area (Å²) in [6.45, 7) is 6.66. The van der Waals surface area contributed by atoms with Crippen molar-refractivity contribution in [1.82, 2.24) is 0 Å². The van der Waals surface area contributed by atoms with Gasteiger partial charge in [-0.1, -0.05) is 26.7 Å². The van der Waals surface area contributed by atoms with Crippen LogP contribution in [0.5, 0.6) is 5.75 Å². The van der Waals surface area contributed by atoms with E-state index in [1.807, 2.05) is 18.2 Å². The molecular weight excluding hydrogens is 212 g/mol. The number of hydrogen-bond acceptors (Lipinski definition) is 2. The number of terminal acetylenes is 1. The van der Waals surface area contributed by atoms with Crippen LogP contribution in [-0.2, 0) is 5.41 Å². The number of furan rings is 1. The van der Waals surface area contributed by atoms with E-state index in [-0.39, 0.29) is 12.0 Å². The van der Waals surface area contributed by atoms with Crippen LogP contribution in [0, 0.1) is 12.3 Å². The zero-order valence-corrected chi connectivity index (χ0v) is 10.4. The molecule has 17 heavy (non-hydrogen) atoms. The highest BCUT2D eigenvalue weighted by Crippen LogP contribution is 2.30. The summed E-state index contributed by atoms with van der Waals surface area (Å²) in [4.78, 5) is 0. The van der Waals surface area contributed by atoms with Crippen LogP contribution in [-0.4, -0.2) is 6.61 Å². The molecule has 2 aromatic rings. The predicted octanol–water partition coefficient (Wildman–Crippen LogP) is 3.74. The third-order valence-corrected chi connectivity index (χ3v) is 2.55. The normalized spacial score (nSPS) is 11.4. The van der Waals surface area contributed by atoms with Crippen molar-refractivity contribution >= 4 is 11.0 Å². The summed E-state index contributed by atoms with van der Waals surface area (Å²) in [5.41, 5.74) is 0.891. The van der Waals surface area contributed by atoms with Gasteiger partial charge in [-0.3, -0.25) is 0 Å². The van der Waals surface area contributed by atoms with Gasteiger partial charge in [0.25, 0.3) is 0 Å². The van der Waals surface area contributed by atoms with E-state index in [2.05, 4.69) is 32.8 Å². The average molecular weight is 228 g/mol. The van der Waals surface area contributed by atoms with Crippen molar-refractivity contribution in [3.8, 4) is 18.1 Å². The SMILES string of the molecule is C#CCOc1ccc2oc(C(C)(C)C)cc2c1. The molecule has 0 amide bonds. The van der Waals surface area contributed by atoms with Crippen LogP contribution in [0.1, 0.15) is 26.5 Å². The molecule has 1 aromatic heterocycles. The number of fused-ring (bicyclic) bond motifs is 1. The van der Waals surface area contributed by atoms with Gasteiger partial charge in [-0.05, 0) is 24.3 Å². The van der Waals surface area contributed by atoms with E-state index in [1.54, 1.807) is 0 Å². The van der Waals surface area contributed by atoms with Crippen LogP contribution in [0.4, 0.5) is 0 Å². The molecule has 88 valence electrons. The summed E-state index contributed by atoms with van der Waals surface area (Å²) in [5, 5.41) is 1.05. The van der Waals surface area contributed by atoms with Gasteiger partial charge in [0.15, 0.2) is 0 Å². The van der Waals surface area contributed by atoms with Gasteiger partial charge in [-0.2, -0.15) is 0 Å². The Hall–Kier alpha value is -1.88. The zero-order valence-electron chi connectivity index (χ0n) is 10.4. The summed E-state index contributed by atoms with van der Waals surface area (Å²) in [7, 11) is 0. The first-order valence-electron chi connectivity index (χ1n) is 5.61. The third kappa shape index (κ3) is 2.45. The van der Waals surface area contributed by atoms with E-state index >= 15 is 0 Å². The van der Waals surface area contributed by atoms with Crippen LogP contribution in [0.2, 0.25) is 0 Å².